The van der Waals surface area contributed by atoms with Gasteiger partial charge in [0.05, 0.1) is 20.3 Å². The highest BCUT2D eigenvalue weighted by molar-refractivity contribution is 6.29. The quantitative estimate of drug-likeness (QED) is 0.529. The number of Topliss-reactive ketones (excluding diaryl/α,β-unsaturated/α-hetero) is 1. The summed E-state index contributed by atoms with van der Waals surface area (Å²) in [6.07, 6.45) is -0.264. The van der Waals surface area contributed by atoms with Crippen molar-refractivity contribution in [3.8, 4) is 11.6 Å². The number of hydrogen-bond donors (Lipinski definition) is 0. The monoisotopic (exact) mass is 418 g/mol. The third-order valence-electron chi connectivity index (χ3n) is 4.67. The van der Waals surface area contributed by atoms with Crippen LogP contribution in [0.5, 0.6) is 11.6 Å². The number of halogens is 1. The molecule has 154 valence electrons. The van der Waals surface area contributed by atoms with Crippen molar-refractivity contribution in [3.63, 3.8) is 0 Å². The number of morpholine rings is 1. The van der Waals surface area contributed by atoms with Crippen LogP contribution in [0, 0.1) is 6.92 Å². The van der Waals surface area contributed by atoms with Crippen LogP contribution in [-0.4, -0.2) is 61.1 Å². The fourth-order valence-corrected chi connectivity index (χ4v) is 3.40. The molecular formula is C21H23ClN2O5. The predicted molar refractivity (Wildman–Crippen MR) is 108 cm³/mol. The van der Waals surface area contributed by atoms with E-state index < -0.39 is 0 Å². The summed E-state index contributed by atoms with van der Waals surface area (Å²) in [5.74, 6) is 0.804. The first-order valence-corrected chi connectivity index (χ1v) is 9.62. The number of aromatic nitrogens is 1. The van der Waals surface area contributed by atoms with Crippen molar-refractivity contribution < 1.29 is 23.8 Å². The Morgan fingerprint density at radius 1 is 1.31 bits per heavy atom. The first-order valence-electron chi connectivity index (χ1n) is 9.24. The summed E-state index contributed by atoms with van der Waals surface area (Å²) in [6.45, 7) is 4.99. The van der Waals surface area contributed by atoms with E-state index in [1.807, 2.05) is 13.0 Å². The van der Waals surface area contributed by atoms with Crippen molar-refractivity contribution in [1.29, 1.82) is 0 Å². The lowest BCUT2D eigenvalue weighted by Crippen LogP contribution is -2.47. The number of carbonyl (C=O) groups is 2. The van der Waals surface area contributed by atoms with Crippen molar-refractivity contribution >= 4 is 23.3 Å². The van der Waals surface area contributed by atoms with Gasteiger partial charge in [-0.2, -0.15) is 0 Å². The molecule has 0 bridgehead atoms. The molecule has 2 aromatic rings. The number of nitrogens with zero attached hydrogens (tertiary/aromatic N) is 2. The van der Waals surface area contributed by atoms with Crippen molar-refractivity contribution in [2.24, 2.45) is 0 Å². The van der Waals surface area contributed by atoms with Crippen molar-refractivity contribution in [1.82, 2.24) is 9.88 Å². The summed E-state index contributed by atoms with van der Waals surface area (Å²) in [4.78, 5) is 30.1. The number of pyridine rings is 1. The third kappa shape index (κ3) is 5.25. The van der Waals surface area contributed by atoms with E-state index in [1.54, 1.807) is 23.1 Å². The molecule has 1 amide bonds. The molecular weight excluding hydrogens is 396 g/mol. The van der Waals surface area contributed by atoms with Crippen LogP contribution < -0.4 is 9.47 Å². The van der Waals surface area contributed by atoms with Crippen molar-refractivity contribution in [2.45, 2.75) is 20.0 Å². The number of carbonyl (C=O) groups excluding carboxylic acids is 2. The molecule has 1 fully saturated rings. The lowest BCUT2D eigenvalue weighted by Gasteiger charge is -2.33. The lowest BCUT2D eigenvalue weighted by molar-refractivity contribution is -0.0401. The van der Waals surface area contributed by atoms with E-state index in [-0.39, 0.29) is 22.9 Å². The van der Waals surface area contributed by atoms with Gasteiger partial charge in [0, 0.05) is 23.7 Å². The molecule has 8 heteroatoms. The highest BCUT2D eigenvalue weighted by Crippen LogP contribution is 2.21. The Labute approximate surface area is 174 Å². The number of rotatable bonds is 6. The first-order chi connectivity index (χ1) is 13.9. The van der Waals surface area contributed by atoms with E-state index in [4.69, 9.17) is 25.8 Å². The average molecular weight is 419 g/mol. The molecule has 3 rings (SSSR count). The highest BCUT2D eigenvalue weighted by atomic mass is 35.5. The molecule has 0 radical (unpaired) electrons. The Hall–Kier alpha value is -2.64. The molecule has 7 nitrogen and oxygen atoms in total. The molecule has 1 aromatic carbocycles. The summed E-state index contributed by atoms with van der Waals surface area (Å²) in [5.41, 5.74) is 1.95. The van der Waals surface area contributed by atoms with E-state index in [0.29, 0.717) is 49.1 Å². The number of hydrogen-bond acceptors (Lipinski definition) is 6. The third-order valence-corrected chi connectivity index (χ3v) is 4.86. The van der Waals surface area contributed by atoms with Gasteiger partial charge < -0.3 is 19.1 Å². The molecule has 2 heterocycles. The van der Waals surface area contributed by atoms with Gasteiger partial charge in [0.2, 0.25) is 5.88 Å². The Kier molecular flexibility index (Phi) is 6.71. The lowest BCUT2D eigenvalue weighted by atomic mass is 10.1. The zero-order chi connectivity index (χ0) is 21.0. The van der Waals surface area contributed by atoms with Gasteiger partial charge in [-0.25, -0.2) is 4.98 Å². The van der Waals surface area contributed by atoms with Crippen molar-refractivity contribution in [2.75, 3.05) is 33.4 Å². The van der Waals surface area contributed by atoms with E-state index in [1.165, 1.54) is 20.1 Å². The molecule has 0 aliphatic carbocycles. The summed E-state index contributed by atoms with van der Waals surface area (Å²) in [5, 5.41) is 0.199. The summed E-state index contributed by atoms with van der Waals surface area (Å²) < 4.78 is 16.6. The smallest absolute Gasteiger partial charge is 0.254 e. The second-order valence-electron chi connectivity index (χ2n) is 6.81. The van der Waals surface area contributed by atoms with Gasteiger partial charge in [0.25, 0.3) is 5.91 Å². The second-order valence-corrected chi connectivity index (χ2v) is 7.20. The Balaban J connectivity index is 1.62. The van der Waals surface area contributed by atoms with Crippen molar-refractivity contribution in [3.05, 3.63) is 52.2 Å². The van der Waals surface area contributed by atoms with E-state index in [0.717, 1.165) is 5.56 Å². The molecule has 0 spiro atoms. The van der Waals surface area contributed by atoms with E-state index in [9.17, 15) is 9.59 Å². The number of benzene rings is 1. The van der Waals surface area contributed by atoms with Gasteiger partial charge in [-0.3, -0.25) is 9.59 Å². The minimum Gasteiger partial charge on any atom is -0.491 e. The molecule has 1 unspecified atom stereocenters. The number of ether oxygens (including phenoxy) is 3. The largest absolute Gasteiger partial charge is 0.491 e. The number of methoxy groups -OCH3 is 1. The van der Waals surface area contributed by atoms with Gasteiger partial charge in [-0.1, -0.05) is 11.6 Å². The van der Waals surface area contributed by atoms with Crippen LogP contribution in [0.25, 0.3) is 0 Å². The maximum Gasteiger partial charge on any atom is 0.254 e. The Bertz CT molecular complexity index is 918. The van der Waals surface area contributed by atoms with E-state index in [2.05, 4.69) is 4.98 Å². The minimum absolute atomic E-state index is 0.0201. The Morgan fingerprint density at radius 3 is 2.79 bits per heavy atom. The molecule has 1 saturated heterocycles. The van der Waals surface area contributed by atoms with Crippen LogP contribution in [0.4, 0.5) is 0 Å². The standard InChI is InChI=1S/C21H23ClN2O5/c1-13-8-16(4-5-18(13)14(2)25)29-12-17-11-24(6-7-28-17)21(26)15-9-19(22)23-20(10-15)27-3/h4-5,8-10,17H,6-7,11-12H2,1-3H3. The van der Waals surface area contributed by atoms with E-state index >= 15 is 0 Å². The van der Waals surface area contributed by atoms with Gasteiger partial charge in [-0.05, 0) is 43.7 Å². The molecule has 0 N–H and O–H groups in total. The molecule has 1 aromatic heterocycles. The predicted octanol–water partition coefficient (Wildman–Crippen LogP) is 3.17. The summed E-state index contributed by atoms with van der Waals surface area (Å²) in [6, 6.07) is 8.43. The number of ketones is 1. The van der Waals surface area contributed by atoms with Crippen LogP contribution in [0.15, 0.2) is 30.3 Å². The normalized spacial score (nSPS) is 16.4. The van der Waals surface area contributed by atoms with Gasteiger partial charge >= 0.3 is 0 Å². The van der Waals surface area contributed by atoms with Crippen LogP contribution in [0.3, 0.4) is 0 Å². The fourth-order valence-electron chi connectivity index (χ4n) is 3.20. The highest BCUT2D eigenvalue weighted by Gasteiger charge is 2.26. The molecule has 0 saturated carbocycles. The first kappa shape index (κ1) is 21.1. The van der Waals surface area contributed by atoms with Gasteiger partial charge in [0.15, 0.2) is 5.78 Å². The zero-order valence-corrected chi connectivity index (χ0v) is 17.4. The Morgan fingerprint density at radius 2 is 2.10 bits per heavy atom. The molecule has 1 aliphatic rings. The maximum absolute atomic E-state index is 12.8. The maximum atomic E-state index is 12.8. The van der Waals surface area contributed by atoms with Gasteiger partial charge in [0.1, 0.15) is 23.6 Å². The number of amides is 1. The number of aryl methyl sites for hydroxylation is 1. The summed E-state index contributed by atoms with van der Waals surface area (Å²) in [7, 11) is 1.47. The van der Waals surface area contributed by atoms with Crippen LogP contribution in [-0.2, 0) is 4.74 Å². The minimum atomic E-state index is -0.264. The van der Waals surface area contributed by atoms with Gasteiger partial charge in [-0.15, -0.1) is 0 Å². The average Bonchev–Trinajstić information content (AvgIpc) is 2.71. The van der Waals surface area contributed by atoms with Crippen LogP contribution in [0.2, 0.25) is 5.15 Å². The summed E-state index contributed by atoms with van der Waals surface area (Å²) >= 11 is 5.97. The molecule has 1 atom stereocenters. The molecule has 1 aliphatic heterocycles. The topological polar surface area (TPSA) is 78.0 Å². The fraction of sp³-hybridized carbons (Fsp3) is 0.381. The molecule has 29 heavy (non-hydrogen) atoms. The van der Waals surface area contributed by atoms with Crippen LogP contribution >= 0.6 is 11.6 Å². The zero-order valence-electron chi connectivity index (χ0n) is 16.6. The van der Waals surface area contributed by atoms with Crippen LogP contribution in [0.1, 0.15) is 33.2 Å². The SMILES string of the molecule is COc1cc(C(=O)N2CCOC(COc3ccc(C(C)=O)c(C)c3)C2)cc(Cl)n1. The second kappa shape index (κ2) is 9.24.